The first kappa shape index (κ1) is 14.7. The zero-order chi connectivity index (χ0) is 15.4. The molecule has 3 amide bonds. The number of aromatic nitrogens is 1. The van der Waals surface area contributed by atoms with Crippen LogP contribution in [-0.2, 0) is 4.79 Å². The van der Waals surface area contributed by atoms with Gasteiger partial charge >= 0.3 is 6.03 Å². The predicted molar refractivity (Wildman–Crippen MR) is 73.8 cm³/mol. The van der Waals surface area contributed by atoms with Crippen molar-refractivity contribution in [2.45, 2.75) is 13.3 Å². The third-order valence-corrected chi connectivity index (χ3v) is 3.08. The van der Waals surface area contributed by atoms with Gasteiger partial charge < -0.3 is 10.6 Å². The molecule has 0 saturated carbocycles. The predicted octanol–water partition coefficient (Wildman–Crippen LogP) is 0.652. The van der Waals surface area contributed by atoms with Crippen molar-refractivity contribution >= 4 is 23.4 Å². The smallest absolute Gasteiger partial charge is 0.324 e. The van der Waals surface area contributed by atoms with Crippen molar-refractivity contribution in [2.24, 2.45) is 0 Å². The van der Waals surface area contributed by atoms with Crippen molar-refractivity contribution < 1.29 is 14.5 Å². The van der Waals surface area contributed by atoms with Crippen LogP contribution in [0, 0.1) is 17.0 Å². The van der Waals surface area contributed by atoms with Gasteiger partial charge in [0.15, 0.2) is 0 Å². The maximum Gasteiger partial charge on any atom is 0.324 e. The highest BCUT2D eigenvalue weighted by Crippen LogP contribution is 2.18. The standard InChI is InChI=1S/C12H15N5O4/c1-8-5-10(14-6-9(8)17(20)21)13-3-2-4-16-11(18)7-15-12(16)19/h5-6H,2-4,7H2,1H3,(H,13,14)(H,15,19). The molecule has 1 aromatic heterocycles. The number of anilines is 1. The Hall–Kier alpha value is -2.71. The Morgan fingerprint density at radius 1 is 1.52 bits per heavy atom. The van der Waals surface area contributed by atoms with Gasteiger partial charge in [0, 0.05) is 18.7 Å². The Morgan fingerprint density at radius 2 is 2.29 bits per heavy atom. The summed E-state index contributed by atoms with van der Waals surface area (Å²) in [4.78, 5) is 37.9. The lowest BCUT2D eigenvalue weighted by Gasteiger charge is -2.12. The minimum Gasteiger partial charge on any atom is -0.370 e. The number of imide groups is 1. The molecular weight excluding hydrogens is 278 g/mol. The fraction of sp³-hybridized carbons (Fsp3) is 0.417. The fourth-order valence-corrected chi connectivity index (χ4v) is 1.97. The van der Waals surface area contributed by atoms with Gasteiger partial charge in [-0.3, -0.25) is 19.8 Å². The molecule has 0 aromatic carbocycles. The van der Waals surface area contributed by atoms with Gasteiger partial charge in [0.1, 0.15) is 12.0 Å². The lowest BCUT2D eigenvalue weighted by molar-refractivity contribution is -0.385. The van der Waals surface area contributed by atoms with E-state index in [9.17, 15) is 19.7 Å². The van der Waals surface area contributed by atoms with Crippen LogP contribution < -0.4 is 10.6 Å². The second-order valence-electron chi connectivity index (χ2n) is 4.60. The molecule has 0 spiro atoms. The largest absolute Gasteiger partial charge is 0.370 e. The summed E-state index contributed by atoms with van der Waals surface area (Å²) in [5.74, 6) is 0.291. The number of aryl methyl sites for hydroxylation is 1. The van der Waals surface area contributed by atoms with E-state index < -0.39 is 4.92 Å². The number of carbonyl (C=O) groups excluding carboxylic acids is 2. The minimum absolute atomic E-state index is 0.0279. The van der Waals surface area contributed by atoms with E-state index in [1.807, 2.05) is 0 Å². The second-order valence-corrected chi connectivity index (χ2v) is 4.60. The molecule has 9 nitrogen and oxygen atoms in total. The molecular formula is C12H15N5O4. The average molecular weight is 293 g/mol. The molecule has 0 aliphatic carbocycles. The number of nitrogens with zero attached hydrogens (tertiary/aromatic N) is 3. The third kappa shape index (κ3) is 3.44. The number of hydrogen-bond donors (Lipinski definition) is 2. The zero-order valence-corrected chi connectivity index (χ0v) is 11.5. The van der Waals surface area contributed by atoms with Gasteiger partial charge in [0.05, 0.1) is 11.5 Å². The van der Waals surface area contributed by atoms with Crippen molar-refractivity contribution in [3.8, 4) is 0 Å². The molecule has 1 fully saturated rings. The molecule has 1 saturated heterocycles. The van der Waals surface area contributed by atoms with Gasteiger partial charge in [0.25, 0.3) is 5.69 Å². The highest BCUT2D eigenvalue weighted by Gasteiger charge is 2.27. The first-order chi connectivity index (χ1) is 9.99. The fourth-order valence-electron chi connectivity index (χ4n) is 1.97. The number of nitrogens with one attached hydrogen (secondary N) is 2. The summed E-state index contributed by atoms with van der Waals surface area (Å²) >= 11 is 0. The van der Waals surface area contributed by atoms with Crippen LogP contribution in [0.5, 0.6) is 0 Å². The highest BCUT2D eigenvalue weighted by molar-refractivity contribution is 6.01. The number of carbonyl (C=O) groups is 2. The second kappa shape index (κ2) is 6.16. The van der Waals surface area contributed by atoms with Crippen molar-refractivity contribution in [1.29, 1.82) is 0 Å². The Morgan fingerprint density at radius 3 is 2.86 bits per heavy atom. The van der Waals surface area contributed by atoms with E-state index in [-0.39, 0.29) is 24.2 Å². The van der Waals surface area contributed by atoms with Crippen LogP contribution in [0.4, 0.5) is 16.3 Å². The van der Waals surface area contributed by atoms with Crippen LogP contribution in [0.3, 0.4) is 0 Å². The lowest BCUT2D eigenvalue weighted by atomic mass is 10.2. The number of nitro groups is 1. The van der Waals surface area contributed by atoms with Gasteiger partial charge in [-0.1, -0.05) is 0 Å². The number of pyridine rings is 1. The highest BCUT2D eigenvalue weighted by atomic mass is 16.6. The minimum atomic E-state index is -0.482. The first-order valence-electron chi connectivity index (χ1n) is 6.42. The Balaban J connectivity index is 1.81. The summed E-state index contributed by atoms with van der Waals surface area (Å²) in [7, 11) is 0. The van der Waals surface area contributed by atoms with E-state index >= 15 is 0 Å². The molecule has 1 aliphatic rings. The molecule has 2 N–H and O–H groups in total. The van der Waals surface area contributed by atoms with Crippen molar-refractivity contribution in [2.75, 3.05) is 25.0 Å². The van der Waals surface area contributed by atoms with Crippen molar-refractivity contribution in [1.82, 2.24) is 15.2 Å². The van der Waals surface area contributed by atoms with Crippen LogP contribution in [0.25, 0.3) is 0 Å². The molecule has 1 aromatic rings. The normalized spacial score (nSPS) is 14.2. The quantitative estimate of drug-likeness (QED) is 0.344. The van der Waals surface area contributed by atoms with Gasteiger partial charge in [-0.05, 0) is 19.4 Å². The van der Waals surface area contributed by atoms with Crippen molar-refractivity contribution in [3.05, 3.63) is 27.9 Å². The summed E-state index contributed by atoms with van der Waals surface area (Å²) in [5.41, 5.74) is 0.492. The van der Waals surface area contributed by atoms with E-state index in [0.29, 0.717) is 30.9 Å². The molecule has 2 heterocycles. The van der Waals surface area contributed by atoms with Crippen LogP contribution >= 0.6 is 0 Å². The van der Waals surface area contributed by atoms with Crippen LogP contribution in [-0.4, -0.2) is 46.4 Å². The van der Waals surface area contributed by atoms with Gasteiger partial charge in [-0.15, -0.1) is 0 Å². The summed E-state index contributed by atoms with van der Waals surface area (Å²) in [6.07, 6.45) is 1.77. The van der Waals surface area contributed by atoms with E-state index in [1.165, 1.54) is 6.20 Å². The molecule has 1 aliphatic heterocycles. The molecule has 0 unspecified atom stereocenters. The maximum absolute atomic E-state index is 11.3. The zero-order valence-electron chi connectivity index (χ0n) is 11.5. The number of hydrogen-bond acceptors (Lipinski definition) is 6. The number of urea groups is 1. The molecule has 112 valence electrons. The number of rotatable bonds is 6. The monoisotopic (exact) mass is 293 g/mol. The van der Waals surface area contributed by atoms with Crippen LogP contribution in [0.1, 0.15) is 12.0 Å². The third-order valence-electron chi connectivity index (χ3n) is 3.08. The van der Waals surface area contributed by atoms with E-state index in [0.717, 1.165) is 4.90 Å². The first-order valence-corrected chi connectivity index (χ1v) is 6.42. The van der Waals surface area contributed by atoms with Crippen LogP contribution in [0.2, 0.25) is 0 Å². The van der Waals surface area contributed by atoms with Gasteiger partial charge in [-0.25, -0.2) is 9.78 Å². The van der Waals surface area contributed by atoms with Crippen LogP contribution in [0.15, 0.2) is 12.3 Å². The maximum atomic E-state index is 11.3. The summed E-state index contributed by atoms with van der Waals surface area (Å²) in [6, 6.07) is 1.22. The van der Waals surface area contributed by atoms with Crippen molar-refractivity contribution in [3.63, 3.8) is 0 Å². The number of amides is 3. The molecule has 2 rings (SSSR count). The molecule has 0 atom stereocenters. The summed E-state index contributed by atoms with van der Waals surface area (Å²) in [6.45, 7) is 2.51. The summed E-state index contributed by atoms with van der Waals surface area (Å²) in [5, 5.41) is 16.1. The molecule has 0 bridgehead atoms. The Labute approximate surface area is 120 Å². The summed E-state index contributed by atoms with van der Waals surface area (Å²) < 4.78 is 0. The molecule has 0 radical (unpaired) electrons. The topological polar surface area (TPSA) is 117 Å². The van der Waals surface area contributed by atoms with E-state index in [1.54, 1.807) is 13.0 Å². The Kier molecular flexibility index (Phi) is 4.31. The van der Waals surface area contributed by atoms with E-state index in [4.69, 9.17) is 0 Å². The average Bonchev–Trinajstić information content (AvgIpc) is 2.74. The van der Waals surface area contributed by atoms with E-state index in [2.05, 4.69) is 15.6 Å². The van der Waals surface area contributed by atoms with Gasteiger partial charge in [-0.2, -0.15) is 0 Å². The Bertz CT molecular complexity index is 573. The molecule has 21 heavy (non-hydrogen) atoms. The lowest BCUT2D eigenvalue weighted by Crippen LogP contribution is -2.32. The van der Waals surface area contributed by atoms with Gasteiger partial charge in [0.2, 0.25) is 5.91 Å². The SMILES string of the molecule is Cc1cc(NCCCN2C(=O)CNC2=O)ncc1[N+](=O)[O-]. The molecule has 9 heteroatoms.